The van der Waals surface area contributed by atoms with Gasteiger partial charge in [-0.25, -0.2) is 0 Å². The minimum absolute atomic E-state index is 0.286. The molecule has 0 unspecified atom stereocenters. The van der Waals surface area contributed by atoms with Crippen molar-refractivity contribution in [1.29, 1.82) is 0 Å². The zero-order chi connectivity index (χ0) is 9.84. The number of benzene rings is 1. The molecule has 0 amide bonds. The molecule has 0 fully saturated rings. The minimum atomic E-state index is -0.286. The second-order valence-electron chi connectivity index (χ2n) is 3.61. The molecule has 1 aromatic rings. The van der Waals surface area contributed by atoms with Crippen molar-refractivity contribution in [2.75, 3.05) is 0 Å². The fourth-order valence-corrected chi connectivity index (χ4v) is 1.77. The highest BCUT2D eigenvalue weighted by atomic mass is 16.3. The van der Waals surface area contributed by atoms with Gasteiger partial charge in [-0.3, -0.25) is 0 Å². The minimum Gasteiger partial charge on any atom is -0.388 e. The van der Waals surface area contributed by atoms with Crippen molar-refractivity contribution in [2.24, 2.45) is 0 Å². The lowest BCUT2D eigenvalue weighted by Gasteiger charge is -2.15. The number of aliphatic hydroxyl groups is 1. The lowest BCUT2D eigenvalue weighted by molar-refractivity contribution is 0.165. The predicted octanol–water partition coefficient (Wildman–Crippen LogP) is 3.14. The van der Waals surface area contributed by atoms with Gasteiger partial charge >= 0.3 is 0 Å². The Morgan fingerprint density at radius 2 is 1.77 bits per heavy atom. The molecule has 1 N–H and O–H groups in total. The van der Waals surface area contributed by atoms with E-state index in [1.165, 1.54) is 11.1 Å². The van der Waals surface area contributed by atoms with Gasteiger partial charge in [-0.1, -0.05) is 31.5 Å². The first-order valence-corrected chi connectivity index (χ1v) is 4.91. The second-order valence-corrected chi connectivity index (χ2v) is 3.61. The van der Waals surface area contributed by atoms with E-state index in [-0.39, 0.29) is 6.10 Å². The van der Waals surface area contributed by atoms with Crippen molar-refractivity contribution < 1.29 is 5.11 Å². The molecule has 0 saturated carbocycles. The summed E-state index contributed by atoms with van der Waals surface area (Å²) in [4.78, 5) is 0. The van der Waals surface area contributed by atoms with Crippen molar-refractivity contribution in [3.8, 4) is 0 Å². The maximum atomic E-state index is 9.88. The van der Waals surface area contributed by atoms with Crippen LogP contribution in [-0.2, 0) is 0 Å². The van der Waals surface area contributed by atoms with Crippen LogP contribution in [0, 0.1) is 13.8 Å². The summed E-state index contributed by atoms with van der Waals surface area (Å²) in [6, 6.07) is 6.15. The summed E-state index contributed by atoms with van der Waals surface area (Å²) in [6.07, 6.45) is 1.59. The molecule has 0 aliphatic heterocycles. The first-order valence-electron chi connectivity index (χ1n) is 4.91. The molecule has 0 aromatic heterocycles. The molecule has 72 valence electrons. The van der Waals surface area contributed by atoms with E-state index in [4.69, 9.17) is 0 Å². The van der Waals surface area contributed by atoms with Gasteiger partial charge in [0.05, 0.1) is 6.10 Å². The SMILES string of the molecule is CCC[C@@H](O)c1c(C)cccc1C. The van der Waals surface area contributed by atoms with E-state index < -0.39 is 0 Å². The van der Waals surface area contributed by atoms with E-state index in [9.17, 15) is 5.11 Å². The van der Waals surface area contributed by atoms with E-state index >= 15 is 0 Å². The van der Waals surface area contributed by atoms with Crippen molar-refractivity contribution in [2.45, 2.75) is 39.7 Å². The van der Waals surface area contributed by atoms with Crippen molar-refractivity contribution in [3.05, 3.63) is 34.9 Å². The highest BCUT2D eigenvalue weighted by Crippen LogP contribution is 2.24. The number of aliphatic hydroxyl groups excluding tert-OH is 1. The van der Waals surface area contributed by atoms with Crippen LogP contribution in [0.25, 0.3) is 0 Å². The van der Waals surface area contributed by atoms with Gasteiger partial charge in [-0.15, -0.1) is 0 Å². The number of rotatable bonds is 3. The third-order valence-corrected chi connectivity index (χ3v) is 2.44. The second kappa shape index (κ2) is 4.43. The Labute approximate surface area is 80.4 Å². The molecule has 0 spiro atoms. The first-order chi connectivity index (χ1) is 6.16. The Kier molecular flexibility index (Phi) is 3.49. The van der Waals surface area contributed by atoms with Gasteiger partial charge in [0.25, 0.3) is 0 Å². The lowest BCUT2D eigenvalue weighted by Crippen LogP contribution is -2.02. The standard InChI is InChI=1S/C12H18O/c1-4-6-11(13)12-9(2)7-5-8-10(12)3/h5,7-8,11,13H,4,6H2,1-3H3/t11-/m1/s1. The van der Waals surface area contributed by atoms with Crippen LogP contribution in [-0.4, -0.2) is 5.11 Å². The Morgan fingerprint density at radius 3 is 2.23 bits per heavy atom. The van der Waals surface area contributed by atoms with E-state index in [0.717, 1.165) is 18.4 Å². The highest BCUT2D eigenvalue weighted by molar-refractivity contribution is 5.35. The molecular weight excluding hydrogens is 160 g/mol. The Bertz CT molecular complexity index is 258. The fraction of sp³-hybridized carbons (Fsp3) is 0.500. The molecule has 1 heteroatoms. The number of hydrogen-bond acceptors (Lipinski definition) is 1. The molecule has 0 aliphatic rings. The van der Waals surface area contributed by atoms with Gasteiger partial charge in [-0.2, -0.15) is 0 Å². The summed E-state index contributed by atoms with van der Waals surface area (Å²) >= 11 is 0. The van der Waals surface area contributed by atoms with Gasteiger partial charge in [-0.05, 0) is 37.0 Å². The summed E-state index contributed by atoms with van der Waals surface area (Å²) in [6.45, 7) is 6.21. The monoisotopic (exact) mass is 178 g/mol. The summed E-state index contributed by atoms with van der Waals surface area (Å²) in [5, 5.41) is 9.88. The zero-order valence-electron chi connectivity index (χ0n) is 8.67. The average Bonchev–Trinajstić information content (AvgIpc) is 2.04. The van der Waals surface area contributed by atoms with E-state index in [2.05, 4.69) is 32.9 Å². The summed E-state index contributed by atoms with van der Waals surface area (Å²) < 4.78 is 0. The van der Waals surface area contributed by atoms with E-state index in [0.29, 0.717) is 0 Å². The lowest BCUT2D eigenvalue weighted by atomic mass is 9.96. The average molecular weight is 178 g/mol. The van der Waals surface area contributed by atoms with Crippen LogP contribution >= 0.6 is 0 Å². The predicted molar refractivity (Wildman–Crippen MR) is 55.8 cm³/mol. The van der Waals surface area contributed by atoms with Crippen LogP contribution in [0.4, 0.5) is 0 Å². The maximum Gasteiger partial charge on any atom is 0.0795 e. The van der Waals surface area contributed by atoms with Gasteiger partial charge in [0.15, 0.2) is 0 Å². The van der Waals surface area contributed by atoms with E-state index in [1.807, 2.05) is 6.07 Å². The van der Waals surface area contributed by atoms with Crippen LogP contribution < -0.4 is 0 Å². The summed E-state index contributed by atoms with van der Waals surface area (Å²) in [7, 11) is 0. The van der Waals surface area contributed by atoms with Crippen molar-refractivity contribution in [3.63, 3.8) is 0 Å². The molecule has 1 atom stereocenters. The van der Waals surface area contributed by atoms with Crippen molar-refractivity contribution >= 4 is 0 Å². The fourth-order valence-electron chi connectivity index (χ4n) is 1.77. The third-order valence-electron chi connectivity index (χ3n) is 2.44. The largest absolute Gasteiger partial charge is 0.388 e. The molecule has 13 heavy (non-hydrogen) atoms. The molecule has 0 saturated heterocycles. The highest BCUT2D eigenvalue weighted by Gasteiger charge is 2.11. The van der Waals surface area contributed by atoms with Crippen LogP contribution in [0.1, 0.15) is 42.6 Å². The molecule has 1 nitrogen and oxygen atoms in total. The van der Waals surface area contributed by atoms with Crippen LogP contribution in [0.5, 0.6) is 0 Å². The molecular formula is C12H18O. The molecule has 1 rings (SSSR count). The Balaban J connectivity index is 2.98. The van der Waals surface area contributed by atoms with Gasteiger partial charge in [0, 0.05) is 0 Å². The topological polar surface area (TPSA) is 20.2 Å². The summed E-state index contributed by atoms with van der Waals surface area (Å²) in [5.74, 6) is 0. The van der Waals surface area contributed by atoms with Crippen LogP contribution in [0.15, 0.2) is 18.2 Å². The first kappa shape index (κ1) is 10.3. The zero-order valence-corrected chi connectivity index (χ0v) is 8.67. The van der Waals surface area contributed by atoms with E-state index in [1.54, 1.807) is 0 Å². The Hall–Kier alpha value is -0.820. The maximum absolute atomic E-state index is 9.88. The van der Waals surface area contributed by atoms with Crippen LogP contribution in [0.3, 0.4) is 0 Å². The van der Waals surface area contributed by atoms with Gasteiger partial charge in [0.2, 0.25) is 0 Å². The molecule has 1 aromatic carbocycles. The third kappa shape index (κ3) is 2.31. The number of aryl methyl sites for hydroxylation is 2. The molecule has 0 heterocycles. The molecule has 0 bridgehead atoms. The molecule has 0 radical (unpaired) electrons. The molecule has 0 aliphatic carbocycles. The van der Waals surface area contributed by atoms with Gasteiger partial charge in [0.1, 0.15) is 0 Å². The summed E-state index contributed by atoms with van der Waals surface area (Å²) in [5.41, 5.74) is 3.51. The van der Waals surface area contributed by atoms with Crippen LogP contribution in [0.2, 0.25) is 0 Å². The Morgan fingerprint density at radius 1 is 1.23 bits per heavy atom. The smallest absolute Gasteiger partial charge is 0.0795 e. The quantitative estimate of drug-likeness (QED) is 0.754. The number of hydrogen-bond donors (Lipinski definition) is 1. The normalized spacial score (nSPS) is 12.9. The van der Waals surface area contributed by atoms with Crippen molar-refractivity contribution in [1.82, 2.24) is 0 Å². The van der Waals surface area contributed by atoms with Gasteiger partial charge < -0.3 is 5.11 Å².